The minimum Gasteiger partial charge on any atom is -0.491 e. The van der Waals surface area contributed by atoms with Gasteiger partial charge in [0.15, 0.2) is 11.6 Å². The molecule has 1 aromatic rings. The van der Waals surface area contributed by atoms with E-state index in [-0.39, 0.29) is 22.6 Å². The summed E-state index contributed by atoms with van der Waals surface area (Å²) in [5.41, 5.74) is 5.67. The predicted octanol–water partition coefficient (Wildman–Crippen LogP) is 1.94. The highest BCUT2D eigenvalue weighted by atomic mass is 19.1. The topological polar surface area (TPSA) is 64.3 Å². The summed E-state index contributed by atoms with van der Waals surface area (Å²) in [5.74, 6) is -0.697. The first-order valence-corrected chi connectivity index (χ1v) is 6.30. The average molecular weight is 268 g/mol. The molecule has 0 saturated carbocycles. The number of ether oxygens (including phenoxy) is 1. The third kappa shape index (κ3) is 4.52. The van der Waals surface area contributed by atoms with Crippen molar-refractivity contribution in [1.29, 1.82) is 0 Å². The highest BCUT2D eigenvalue weighted by molar-refractivity contribution is 5.94. The Balaban J connectivity index is 2.70. The fourth-order valence-electron chi connectivity index (χ4n) is 1.41. The molecule has 0 aliphatic carbocycles. The van der Waals surface area contributed by atoms with Gasteiger partial charge in [-0.15, -0.1) is 0 Å². The molecule has 3 N–H and O–H groups in total. The molecule has 0 aromatic heterocycles. The van der Waals surface area contributed by atoms with Crippen molar-refractivity contribution < 1.29 is 13.9 Å². The molecule has 0 spiro atoms. The van der Waals surface area contributed by atoms with Crippen LogP contribution in [0.4, 0.5) is 4.39 Å². The SMILES string of the molecule is CCOc1ccc(C(=O)NCC(C)(C)CN)cc1F. The minimum atomic E-state index is -0.535. The van der Waals surface area contributed by atoms with Crippen molar-refractivity contribution in [2.45, 2.75) is 20.8 Å². The number of nitrogens with one attached hydrogen (secondary N) is 1. The van der Waals surface area contributed by atoms with E-state index < -0.39 is 5.82 Å². The molecular weight excluding hydrogens is 247 g/mol. The number of amides is 1. The first-order valence-electron chi connectivity index (χ1n) is 6.30. The fourth-order valence-corrected chi connectivity index (χ4v) is 1.41. The standard InChI is InChI=1S/C14H21FN2O2/c1-4-19-12-6-5-10(7-11(12)15)13(18)17-9-14(2,3)8-16/h5-7H,4,8-9,16H2,1-3H3,(H,17,18). The molecule has 0 heterocycles. The van der Waals surface area contributed by atoms with Crippen molar-refractivity contribution in [1.82, 2.24) is 5.32 Å². The van der Waals surface area contributed by atoms with Crippen LogP contribution in [0.25, 0.3) is 0 Å². The predicted molar refractivity (Wildman–Crippen MR) is 72.7 cm³/mol. The van der Waals surface area contributed by atoms with Gasteiger partial charge >= 0.3 is 0 Å². The third-order valence-electron chi connectivity index (χ3n) is 2.77. The smallest absolute Gasteiger partial charge is 0.251 e. The molecule has 1 rings (SSSR count). The van der Waals surface area contributed by atoms with Crippen LogP contribution in [-0.2, 0) is 0 Å². The van der Waals surface area contributed by atoms with Gasteiger partial charge in [0.2, 0.25) is 0 Å². The van der Waals surface area contributed by atoms with E-state index in [4.69, 9.17) is 10.5 Å². The van der Waals surface area contributed by atoms with E-state index in [1.54, 1.807) is 13.0 Å². The molecule has 1 aromatic carbocycles. The zero-order valence-corrected chi connectivity index (χ0v) is 11.6. The van der Waals surface area contributed by atoms with Crippen LogP contribution in [0.2, 0.25) is 0 Å². The van der Waals surface area contributed by atoms with Gasteiger partial charge in [0, 0.05) is 12.1 Å². The quantitative estimate of drug-likeness (QED) is 0.828. The Bertz CT molecular complexity index is 447. The third-order valence-corrected chi connectivity index (χ3v) is 2.77. The first kappa shape index (κ1) is 15.4. The maximum Gasteiger partial charge on any atom is 0.251 e. The molecule has 0 saturated heterocycles. The van der Waals surface area contributed by atoms with E-state index in [1.165, 1.54) is 12.1 Å². The zero-order valence-electron chi connectivity index (χ0n) is 11.6. The number of hydrogen-bond donors (Lipinski definition) is 2. The van der Waals surface area contributed by atoms with Crippen LogP contribution >= 0.6 is 0 Å². The van der Waals surface area contributed by atoms with Crippen molar-refractivity contribution >= 4 is 5.91 Å². The highest BCUT2D eigenvalue weighted by Gasteiger charge is 2.17. The monoisotopic (exact) mass is 268 g/mol. The second-order valence-electron chi connectivity index (χ2n) is 5.13. The summed E-state index contributed by atoms with van der Waals surface area (Å²) < 4.78 is 18.7. The van der Waals surface area contributed by atoms with E-state index in [0.717, 1.165) is 0 Å². The lowest BCUT2D eigenvalue weighted by Gasteiger charge is -2.22. The molecule has 0 atom stereocenters. The van der Waals surface area contributed by atoms with Gasteiger partial charge in [-0.3, -0.25) is 4.79 Å². The Hall–Kier alpha value is -1.62. The molecule has 5 heteroatoms. The van der Waals surface area contributed by atoms with Gasteiger partial charge in [-0.1, -0.05) is 13.8 Å². The molecule has 0 bridgehead atoms. The van der Waals surface area contributed by atoms with Crippen LogP contribution in [0.15, 0.2) is 18.2 Å². The highest BCUT2D eigenvalue weighted by Crippen LogP contribution is 2.18. The van der Waals surface area contributed by atoms with Gasteiger partial charge in [0.25, 0.3) is 5.91 Å². The number of carbonyl (C=O) groups is 1. The van der Waals surface area contributed by atoms with E-state index in [0.29, 0.717) is 19.7 Å². The number of nitrogens with two attached hydrogens (primary N) is 1. The number of benzene rings is 1. The van der Waals surface area contributed by atoms with Gasteiger partial charge in [-0.2, -0.15) is 0 Å². The van der Waals surface area contributed by atoms with Crippen LogP contribution in [0.1, 0.15) is 31.1 Å². The van der Waals surface area contributed by atoms with Crippen molar-refractivity contribution in [2.24, 2.45) is 11.1 Å². The van der Waals surface area contributed by atoms with Crippen molar-refractivity contribution in [3.63, 3.8) is 0 Å². The Morgan fingerprint density at radius 2 is 2.16 bits per heavy atom. The summed E-state index contributed by atoms with van der Waals surface area (Å²) >= 11 is 0. The Kier molecular flexibility index (Phi) is 5.30. The van der Waals surface area contributed by atoms with Gasteiger partial charge in [0.05, 0.1) is 6.61 Å². The molecule has 0 fully saturated rings. The van der Waals surface area contributed by atoms with Crippen LogP contribution in [0.5, 0.6) is 5.75 Å². The molecule has 0 radical (unpaired) electrons. The van der Waals surface area contributed by atoms with Gasteiger partial charge in [0.1, 0.15) is 0 Å². The molecule has 1 amide bonds. The second kappa shape index (κ2) is 6.52. The summed E-state index contributed by atoms with van der Waals surface area (Å²) in [5, 5.41) is 2.74. The van der Waals surface area contributed by atoms with E-state index in [1.807, 2.05) is 13.8 Å². The Morgan fingerprint density at radius 3 is 2.68 bits per heavy atom. The molecule has 19 heavy (non-hydrogen) atoms. The van der Waals surface area contributed by atoms with Crippen molar-refractivity contribution in [3.05, 3.63) is 29.6 Å². The number of rotatable bonds is 6. The van der Waals surface area contributed by atoms with E-state index in [2.05, 4.69) is 5.32 Å². The summed E-state index contributed by atoms with van der Waals surface area (Å²) in [6.45, 7) is 6.96. The fraction of sp³-hybridized carbons (Fsp3) is 0.500. The van der Waals surface area contributed by atoms with Crippen LogP contribution < -0.4 is 15.8 Å². The zero-order chi connectivity index (χ0) is 14.5. The largest absolute Gasteiger partial charge is 0.491 e. The maximum absolute atomic E-state index is 13.6. The van der Waals surface area contributed by atoms with Gasteiger partial charge < -0.3 is 15.8 Å². The average Bonchev–Trinajstić information content (AvgIpc) is 2.38. The second-order valence-corrected chi connectivity index (χ2v) is 5.13. The van der Waals surface area contributed by atoms with E-state index in [9.17, 15) is 9.18 Å². The van der Waals surface area contributed by atoms with Crippen LogP contribution in [-0.4, -0.2) is 25.6 Å². The number of carbonyl (C=O) groups excluding carboxylic acids is 1. The number of halogens is 1. The normalized spacial score (nSPS) is 11.2. The molecule has 0 aliphatic heterocycles. The molecule has 0 unspecified atom stereocenters. The summed E-state index contributed by atoms with van der Waals surface area (Å²) in [6.07, 6.45) is 0. The lowest BCUT2D eigenvalue weighted by Crippen LogP contribution is -2.38. The van der Waals surface area contributed by atoms with Crippen molar-refractivity contribution in [2.75, 3.05) is 19.7 Å². The van der Waals surface area contributed by atoms with Crippen LogP contribution in [0, 0.1) is 11.2 Å². The number of hydrogen-bond acceptors (Lipinski definition) is 3. The van der Waals surface area contributed by atoms with Crippen molar-refractivity contribution in [3.8, 4) is 5.75 Å². The lowest BCUT2D eigenvalue weighted by molar-refractivity contribution is 0.0937. The van der Waals surface area contributed by atoms with Crippen LogP contribution in [0.3, 0.4) is 0 Å². The summed E-state index contributed by atoms with van der Waals surface area (Å²) in [7, 11) is 0. The van der Waals surface area contributed by atoms with Gasteiger partial charge in [-0.05, 0) is 37.1 Å². The maximum atomic E-state index is 13.6. The summed E-state index contributed by atoms with van der Waals surface area (Å²) in [4.78, 5) is 11.9. The lowest BCUT2D eigenvalue weighted by atomic mass is 9.94. The summed E-state index contributed by atoms with van der Waals surface area (Å²) in [6, 6.07) is 4.18. The molecule has 0 aliphatic rings. The minimum absolute atomic E-state index is 0.154. The first-order chi connectivity index (χ1) is 8.89. The Labute approximate surface area is 113 Å². The van der Waals surface area contributed by atoms with E-state index >= 15 is 0 Å². The molecular formula is C14H21FN2O2. The molecule has 4 nitrogen and oxygen atoms in total. The van der Waals surface area contributed by atoms with Gasteiger partial charge in [-0.25, -0.2) is 4.39 Å². The molecule has 106 valence electrons. The Morgan fingerprint density at radius 1 is 1.47 bits per heavy atom.